The number of nitrogens with two attached hydrogens (primary N) is 1. The summed E-state index contributed by atoms with van der Waals surface area (Å²) in [5.41, 5.74) is 5.28. The zero-order valence-electron chi connectivity index (χ0n) is 25.6. The van der Waals surface area contributed by atoms with E-state index in [-0.39, 0.29) is 34.2 Å². The monoisotopic (exact) mass is 636 g/mol. The zero-order chi connectivity index (χ0) is 32.7. The molecular weight excluding hydrogens is 603 g/mol. The summed E-state index contributed by atoms with van der Waals surface area (Å²) in [6.07, 6.45) is 4.19. The maximum Gasteiger partial charge on any atom is 0.263 e. The Morgan fingerprint density at radius 1 is 1.31 bits per heavy atom. The van der Waals surface area contributed by atoms with E-state index in [1.54, 1.807) is 20.0 Å². The van der Waals surface area contributed by atoms with E-state index >= 15 is 0 Å². The molecule has 2 aliphatic rings. The molecule has 5 rings (SSSR count). The summed E-state index contributed by atoms with van der Waals surface area (Å²) in [4.78, 5) is 52.5. The summed E-state index contributed by atoms with van der Waals surface area (Å²) in [6.45, 7) is 10.4. The van der Waals surface area contributed by atoms with Gasteiger partial charge in [-0.25, -0.2) is 9.97 Å². The Morgan fingerprint density at radius 3 is 2.71 bits per heavy atom. The molecule has 4 heterocycles. The highest BCUT2D eigenvalue weighted by Crippen LogP contribution is 2.31. The van der Waals surface area contributed by atoms with Crippen molar-refractivity contribution in [1.82, 2.24) is 24.0 Å². The van der Waals surface area contributed by atoms with E-state index in [4.69, 9.17) is 17.3 Å². The highest BCUT2D eigenvalue weighted by molar-refractivity contribution is 6.33. The van der Waals surface area contributed by atoms with Crippen LogP contribution in [0.25, 0.3) is 11.0 Å². The highest BCUT2D eigenvalue weighted by Gasteiger charge is 2.28. The number of hydrogen-bond donors (Lipinski definition) is 3. The summed E-state index contributed by atoms with van der Waals surface area (Å²) >= 11 is 6.44. The highest BCUT2D eigenvalue weighted by atomic mass is 35.5. The Kier molecular flexibility index (Phi) is 8.73. The second-order valence-electron chi connectivity index (χ2n) is 11.5. The molecule has 1 aliphatic heterocycles. The number of piperazine rings is 1. The molecule has 1 fully saturated rings. The number of hydrogen-bond acceptors (Lipinski definition) is 8. The van der Waals surface area contributed by atoms with E-state index in [2.05, 4.69) is 57.7 Å². The molecule has 45 heavy (non-hydrogen) atoms. The largest absolute Gasteiger partial charge is 0.504 e. The second kappa shape index (κ2) is 12.4. The summed E-state index contributed by atoms with van der Waals surface area (Å²) in [5, 5.41) is 13.3. The topological polar surface area (TPSA) is 152 Å². The SMILES string of the molecule is Cc1nc2c(c(C3C#CC(F)=C(O)C(C(N)=O)=C3)cn2CC(=O)Nc2cc(N3CCN(C(C)C)C[C@@H]3C)ncc2Cl)c(=O)n1C. The van der Waals surface area contributed by atoms with Crippen LogP contribution in [0.15, 0.2) is 46.5 Å². The number of primary amides is 1. The van der Waals surface area contributed by atoms with E-state index in [0.29, 0.717) is 23.4 Å². The second-order valence-corrected chi connectivity index (χ2v) is 11.9. The third-order valence-corrected chi connectivity index (χ3v) is 8.50. The maximum atomic E-state index is 14.3. The minimum absolute atomic E-state index is 0.121. The molecule has 12 nitrogen and oxygen atoms in total. The van der Waals surface area contributed by atoms with Crippen molar-refractivity contribution in [3.63, 3.8) is 0 Å². The third kappa shape index (κ3) is 6.16. The van der Waals surface area contributed by atoms with Crippen molar-refractivity contribution >= 4 is 46.0 Å². The molecule has 1 aliphatic carbocycles. The number of rotatable bonds is 7. The molecule has 0 bridgehead atoms. The van der Waals surface area contributed by atoms with Crippen molar-refractivity contribution in [3.8, 4) is 11.8 Å². The van der Waals surface area contributed by atoms with E-state index in [1.807, 2.05) is 0 Å². The maximum absolute atomic E-state index is 14.3. The molecule has 3 aromatic heterocycles. The number of fused-ring (bicyclic) bond motifs is 1. The molecule has 4 N–H and O–H groups in total. The molecule has 1 saturated heterocycles. The molecule has 0 aromatic carbocycles. The Bertz CT molecular complexity index is 1900. The number of carbonyl (C=O) groups excluding carboxylic acids is 2. The number of carbonyl (C=O) groups is 2. The number of pyridine rings is 1. The van der Waals surface area contributed by atoms with Gasteiger partial charge in [0.1, 0.15) is 23.8 Å². The minimum Gasteiger partial charge on any atom is -0.504 e. The zero-order valence-corrected chi connectivity index (χ0v) is 26.3. The number of nitrogens with zero attached hydrogens (tertiary/aromatic N) is 6. The van der Waals surface area contributed by atoms with Gasteiger partial charge in [-0.1, -0.05) is 17.5 Å². The fourth-order valence-electron chi connectivity index (χ4n) is 5.60. The number of allylic oxidation sites excluding steroid dienone is 2. The fraction of sp³-hybridized carbons (Fsp3) is 0.387. The van der Waals surface area contributed by atoms with E-state index in [0.717, 1.165) is 19.6 Å². The van der Waals surface area contributed by atoms with E-state index < -0.39 is 40.5 Å². The Hall–Kier alpha value is -4.67. The lowest BCUT2D eigenvalue weighted by Crippen LogP contribution is -2.54. The van der Waals surface area contributed by atoms with Crippen LogP contribution >= 0.6 is 11.6 Å². The summed E-state index contributed by atoms with van der Waals surface area (Å²) in [5.74, 6) is 1.12. The van der Waals surface area contributed by atoms with Gasteiger partial charge in [0.05, 0.1) is 33.8 Å². The first-order valence-corrected chi connectivity index (χ1v) is 14.8. The van der Waals surface area contributed by atoms with E-state index in [1.165, 1.54) is 27.6 Å². The standard InChI is InChI=1S/C31H34ClFN8O4/c1-16(2)39-8-9-41(17(3)13-39)25-11-24(22(32)12-35-25)37-26(42)15-40-14-21(27-30(40)36-18(4)38(5)31(27)45)19-6-7-23(33)28(43)20(10-19)29(34)44/h10-12,14,16-17,19,43H,8-9,13,15H2,1-5H3,(H2,34,44)(H,35,37,42)/t17-,19?/m0/s1. The number of aliphatic hydroxyl groups excluding tert-OH is 1. The normalized spacial score (nSPS) is 18.9. The predicted molar refractivity (Wildman–Crippen MR) is 170 cm³/mol. The van der Waals surface area contributed by atoms with Gasteiger partial charge in [-0.15, -0.1) is 0 Å². The van der Waals surface area contributed by atoms with Gasteiger partial charge < -0.3 is 25.6 Å². The van der Waals surface area contributed by atoms with E-state index in [9.17, 15) is 23.9 Å². The van der Waals surface area contributed by atoms with Gasteiger partial charge in [0.15, 0.2) is 5.76 Å². The average molecular weight is 637 g/mol. The molecule has 0 saturated carbocycles. The number of aliphatic hydroxyl groups is 1. The molecule has 14 heteroatoms. The first kappa shape index (κ1) is 31.7. The summed E-state index contributed by atoms with van der Waals surface area (Å²) < 4.78 is 17.1. The number of aromatic nitrogens is 4. The van der Waals surface area contributed by atoms with Crippen LogP contribution in [0.2, 0.25) is 5.02 Å². The van der Waals surface area contributed by atoms with Crippen molar-refractivity contribution in [3.05, 3.63) is 68.5 Å². The van der Waals surface area contributed by atoms with Gasteiger partial charge in [-0.2, -0.15) is 4.39 Å². The molecule has 2 atom stereocenters. The first-order valence-electron chi connectivity index (χ1n) is 14.4. The van der Waals surface area contributed by atoms with Crippen LogP contribution in [-0.4, -0.2) is 72.6 Å². The van der Waals surface area contributed by atoms with Crippen LogP contribution < -0.4 is 21.5 Å². The number of amides is 2. The lowest BCUT2D eigenvalue weighted by molar-refractivity contribution is -0.117. The fourth-order valence-corrected chi connectivity index (χ4v) is 5.75. The van der Waals surface area contributed by atoms with Gasteiger partial charge in [0.25, 0.3) is 11.5 Å². The molecule has 1 unspecified atom stereocenters. The van der Waals surface area contributed by atoms with Crippen LogP contribution in [0.3, 0.4) is 0 Å². The quantitative estimate of drug-likeness (QED) is 0.335. The lowest BCUT2D eigenvalue weighted by atomic mass is 9.97. The Labute approximate surface area is 264 Å². The third-order valence-electron chi connectivity index (χ3n) is 8.20. The van der Waals surface area contributed by atoms with Crippen LogP contribution in [0.1, 0.15) is 38.1 Å². The number of nitrogens with one attached hydrogen (secondary N) is 1. The minimum atomic E-state index is -1.22. The Balaban J connectivity index is 1.47. The molecule has 3 aromatic rings. The predicted octanol–water partition coefficient (Wildman–Crippen LogP) is 2.90. The van der Waals surface area contributed by atoms with Gasteiger partial charge in [-0.3, -0.25) is 23.9 Å². The number of halogens is 2. The summed E-state index contributed by atoms with van der Waals surface area (Å²) in [7, 11) is 1.54. The van der Waals surface area contributed by atoms with Crippen molar-refractivity contribution < 1.29 is 19.1 Å². The van der Waals surface area contributed by atoms with Crippen LogP contribution in [0.4, 0.5) is 15.9 Å². The van der Waals surface area contributed by atoms with Crippen molar-refractivity contribution in [2.24, 2.45) is 12.8 Å². The lowest BCUT2D eigenvalue weighted by Gasteiger charge is -2.42. The molecule has 0 radical (unpaired) electrons. The molecule has 236 valence electrons. The molecule has 2 amide bonds. The van der Waals surface area contributed by atoms with Gasteiger partial charge in [-0.05, 0) is 39.7 Å². The van der Waals surface area contributed by atoms with Gasteiger partial charge in [0.2, 0.25) is 11.7 Å². The summed E-state index contributed by atoms with van der Waals surface area (Å²) in [6, 6.07) is 2.37. The average Bonchev–Trinajstić information content (AvgIpc) is 3.25. The van der Waals surface area contributed by atoms with Gasteiger partial charge >= 0.3 is 0 Å². The molecule has 0 spiro atoms. The Morgan fingerprint density at radius 2 is 2.04 bits per heavy atom. The van der Waals surface area contributed by atoms with Gasteiger partial charge in [0, 0.05) is 56.6 Å². The molecular formula is C31H34ClFN8O4. The number of aryl methyl sites for hydroxylation is 1. The number of anilines is 2. The van der Waals surface area contributed by atoms with Crippen LogP contribution in [0.5, 0.6) is 0 Å². The first-order chi connectivity index (χ1) is 21.3. The van der Waals surface area contributed by atoms with Crippen molar-refractivity contribution in [2.75, 3.05) is 29.9 Å². The smallest absolute Gasteiger partial charge is 0.263 e. The van der Waals surface area contributed by atoms with Crippen molar-refractivity contribution in [2.45, 2.75) is 52.2 Å². The van der Waals surface area contributed by atoms with Crippen molar-refractivity contribution in [1.29, 1.82) is 0 Å². The van der Waals surface area contributed by atoms with Crippen LogP contribution in [-0.2, 0) is 23.2 Å². The van der Waals surface area contributed by atoms with Crippen LogP contribution in [0, 0.1) is 18.8 Å².